The summed E-state index contributed by atoms with van der Waals surface area (Å²) in [6.07, 6.45) is 6.30. The summed E-state index contributed by atoms with van der Waals surface area (Å²) in [5, 5.41) is 0. The zero-order valence-corrected chi connectivity index (χ0v) is 13.3. The number of rotatable bonds is 4. The molecule has 0 saturated carbocycles. The van der Waals surface area contributed by atoms with Crippen molar-refractivity contribution < 1.29 is 13.2 Å². The SMILES string of the molecule is Fc1ccccc1/C=C/c1ccc(/C=C/c2ccccc2F)c(F)c1. The van der Waals surface area contributed by atoms with Gasteiger partial charge in [0.2, 0.25) is 0 Å². The number of benzene rings is 3. The van der Waals surface area contributed by atoms with E-state index in [1.54, 1.807) is 60.7 Å². The van der Waals surface area contributed by atoms with Gasteiger partial charge in [0.05, 0.1) is 0 Å². The molecule has 0 spiro atoms. The Hall–Kier alpha value is -3.07. The van der Waals surface area contributed by atoms with Crippen LogP contribution in [-0.4, -0.2) is 0 Å². The molecular formula is C22H15F3. The van der Waals surface area contributed by atoms with Crippen LogP contribution < -0.4 is 0 Å². The molecule has 0 nitrogen and oxygen atoms in total. The minimum Gasteiger partial charge on any atom is -0.206 e. The molecule has 0 aromatic heterocycles. The Morgan fingerprint density at radius 2 is 0.960 bits per heavy atom. The normalized spacial score (nSPS) is 11.5. The topological polar surface area (TPSA) is 0 Å². The van der Waals surface area contributed by atoms with Crippen molar-refractivity contribution in [3.63, 3.8) is 0 Å². The maximum absolute atomic E-state index is 14.2. The average Bonchev–Trinajstić information content (AvgIpc) is 2.61. The highest BCUT2D eigenvalue weighted by atomic mass is 19.1. The molecule has 25 heavy (non-hydrogen) atoms. The third-order valence-corrected chi connectivity index (χ3v) is 3.73. The van der Waals surface area contributed by atoms with E-state index in [0.29, 0.717) is 22.3 Å². The lowest BCUT2D eigenvalue weighted by Gasteiger charge is -2.01. The summed E-state index contributed by atoms with van der Waals surface area (Å²) < 4.78 is 41.3. The van der Waals surface area contributed by atoms with E-state index in [1.807, 2.05) is 0 Å². The van der Waals surface area contributed by atoms with Gasteiger partial charge in [0, 0.05) is 16.7 Å². The minimum atomic E-state index is -0.428. The fourth-order valence-corrected chi connectivity index (χ4v) is 2.37. The molecule has 0 aliphatic carbocycles. The molecule has 3 aromatic carbocycles. The highest BCUT2D eigenvalue weighted by Gasteiger charge is 2.01. The third kappa shape index (κ3) is 4.27. The van der Waals surface area contributed by atoms with E-state index < -0.39 is 5.82 Å². The van der Waals surface area contributed by atoms with Crippen molar-refractivity contribution in [1.29, 1.82) is 0 Å². The second-order valence-corrected chi connectivity index (χ2v) is 5.49. The fraction of sp³-hybridized carbons (Fsp3) is 0. The summed E-state index contributed by atoms with van der Waals surface area (Å²) in [4.78, 5) is 0. The predicted octanol–water partition coefficient (Wildman–Crippen LogP) is 6.44. The summed E-state index contributed by atoms with van der Waals surface area (Å²) >= 11 is 0. The Balaban J connectivity index is 1.79. The molecule has 0 saturated heterocycles. The van der Waals surface area contributed by atoms with E-state index in [4.69, 9.17) is 0 Å². The lowest BCUT2D eigenvalue weighted by atomic mass is 10.1. The lowest BCUT2D eigenvalue weighted by Crippen LogP contribution is -1.85. The molecule has 3 rings (SSSR count). The van der Waals surface area contributed by atoms with Crippen LogP contribution >= 0.6 is 0 Å². The van der Waals surface area contributed by atoms with Gasteiger partial charge in [0.1, 0.15) is 17.5 Å². The van der Waals surface area contributed by atoms with Crippen LogP contribution in [0.25, 0.3) is 24.3 Å². The number of halogens is 3. The van der Waals surface area contributed by atoms with Gasteiger partial charge >= 0.3 is 0 Å². The Kier molecular flexibility index (Phi) is 5.14. The van der Waals surface area contributed by atoms with E-state index in [9.17, 15) is 13.2 Å². The molecule has 0 radical (unpaired) electrons. The maximum Gasteiger partial charge on any atom is 0.131 e. The molecule has 0 amide bonds. The van der Waals surface area contributed by atoms with Gasteiger partial charge in [-0.3, -0.25) is 0 Å². The highest BCUT2D eigenvalue weighted by molar-refractivity contribution is 5.73. The summed E-state index contributed by atoms with van der Waals surface area (Å²) in [7, 11) is 0. The first-order chi connectivity index (χ1) is 12.1. The molecule has 0 N–H and O–H groups in total. The van der Waals surface area contributed by atoms with E-state index in [0.717, 1.165) is 0 Å². The fourth-order valence-electron chi connectivity index (χ4n) is 2.37. The average molecular weight is 336 g/mol. The van der Waals surface area contributed by atoms with Crippen LogP contribution in [0.2, 0.25) is 0 Å². The first-order valence-electron chi connectivity index (χ1n) is 7.78. The van der Waals surface area contributed by atoms with Gasteiger partial charge in [-0.25, -0.2) is 13.2 Å². The largest absolute Gasteiger partial charge is 0.206 e. The van der Waals surface area contributed by atoms with Gasteiger partial charge in [-0.15, -0.1) is 0 Å². The zero-order valence-electron chi connectivity index (χ0n) is 13.3. The summed E-state index contributed by atoms with van der Waals surface area (Å²) in [5.41, 5.74) is 1.80. The van der Waals surface area contributed by atoms with Crippen LogP contribution in [0.1, 0.15) is 22.3 Å². The van der Waals surface area contributed by atoms with Crippen molar-refractivity contribution in [2.24, 2.45) is 0 Å². The van der Waals surface area contributed by atoms with Crippen LogP contribution in [0, 0.1) is 17.5 Å². The standard InChI is InChI=1S/C22H15F3/c23-20-7-3-1-5-17(20)11-9-16-10-12-19(22(25)15-16)14-13-18-6-2-4-8-21(18)24/h1-15H/b11-9+,14-13+. The van der Waals surface area contributed by atoms with Gasteiger partial charge in [-0.1, -0.05) is 72.8 Å². The van der Waals surface area contributed by atoms with Crippen LogP contribution in [0.3, 0.4) is 0 Å². The van der Waals surface area contributed by atoms with Gasteiger partial charge < -0.3 is 0 Å². The molecule has 0 bridgehead atoms. The van der Waals surface area contributed by atoms with Gasteiger partial charge in [0.25, 0.3) is 0 Å². The smallest absolute Gasteiger partial charge is 0.131 e. The molecule has 124 valence electrons. The zero-order chi connectivity index (χ0) is 17.6. The van der Waals surface area contributed by atoms with Crippen molar-refractivity contribution in [3.8, 4) is 0 Å². The molecule has 0 unspecified atom stereocenters. The lowest BCUT2D eigenvalue weighted by molar-refractivity contribution is 0.623. The van der Waals surface area contributed by atoms with Crippen LogP contribution in [0.4, 0.5) is 13.2 Å². The Labute approximate surface area is 144 Å². The molecule has 3 aromatic rings. The van der Waals surface area contributed by atoms with E-state index >= 15 is 0 Å². The minimum absolute atomic E-state index is 0.330. The maximum atomic E-state index is 14.2. The number of hydrogen-bond donors (Lipinski definition) is 0. The Morgan fingerprint density at radius 1 is 0.480 bits per heavy atom. The van der Waals surface area contributed by atoms with Crippen molar-refractivity contribution >= 4 is 24.3 Å². The van der Waals surface area contributed by atoms with Crippen molar-refractivity contribution in [2.45, 2.75) is 0 Å². The van der Waals surface area contributed by atoms with Crippen LogP contribution in [-0.2, 0) is 0 Å². The van der Waals surface area contributed by atoms with Gasteiger partial charge in [-0.2, -0.15) is 0 Å². The van der Waals surface area contributed by atoms with E-state index in [1.165, 1.54) is 30.4 Å². The monoisotopic (exact) mass is 336 g/mol. The molecule has 0 aliphatic rings. The van der Waals surface area contributed by atoms with Crippen molar-refractivity contribution in [3.05, 3.63) is 106 Å². The second kappa shape index (κ2) is 7.67. The second-order valence-electron chi connectivity index (χ2n) is 5.49. The van der Waals surface area contributed by atoms with E-state index in [-0.39, 0.29) is 11.6 Å². The molecule has 0 aliphatic heterocycles. The Morgan fingerprint density at radius 3 is 1.48 bits per heavy atom. The van der Waals surface area contributed by atoms with Crippen molar-refractivity contribution in [2.75, 3.05) is 0 Å². The number of hydrogen-bond acceptors (Lipinski definition) is 0. The quantitative estimate of drug-likeness (QED) is 0.481. The first-order valence-corrected chi connectivity index (χ1v) is 7.78. The molecule has 0 heterocycles. The van der Waals surface area contributed by atoms with Crippen LogP contribution in [0.5, 0.6) is 0 Å². The molecule has 0 fully saturated rings. The molecular weight excluding hydrogens is 321 g/mol. The van der Waals surface area contributed by atoms with Gasteiger partial charge in [0.15, 0.2) is 0 Å². The predicted molar refractivity (Wildman–Crippen MR) is 97.1 cm³/mol. The molecule has 0 atom stereocenters. The highest BCUT2D eigenvalue weighted by Crippen LogP contribution is 2.18. The summed E-state index contributed by atoms with van der Waals surface area (Å²) in [6.45, 7) is 0. The van der Waals surface area contributed by atoms with Gasteiger partial charge in [-0.05, 0) is 23.8 Å². The Bertz CT molecular complexity index is 940. The van der Waals surface area contributed by atoms with E-state index in [2.05, 4.69) is 0 Å². The summed E-state index contributed by atoms with van der Waals surface area (Å²) in [6, 6.07) is 17.3. The van der Waals surface area contributed by atoms with Crippen LogP contribution in [0.15, 0.2) is 66.7 Å². The molecule has 3 heteroatoms. The first kappa shape index (κ1) is 16.8. The third-order valence-electron chi connectivity index (χ3n) is 3.73. The van der Waals surface area contributed by atoms with Crippen molar-refractivity contribution in [1.82, 2.24) is 0 Å². The summed E-state index contributed by atoms with van der Waals surface area (Å²) in [5.74, 6) is -1.12.